The Morgan fingerprint density at radius 2 is 1.61 bits per heavy atom. The smallest absolute Gasteiger partial charge is 0.341 e. The first-order valence-corrected chi connectivity index (χ1v) is 13.2. The van der Waals surface area contributed by atoms with Crippen molar-refractivity contribution < 1.29 is 28.7 Å². The molecule has 1 atom stereocenters. The molecule has 1 unspecified atom stereocenters. The molecule has 0 spiro atoms. The van der Waals surface area contributed by atoms with Crippen molar-refractivity contribution >= 4 is 23.5 Å². The molecule has 0 aliphatic rings. The van der Waals surface area contributed by atoms with Crippen LogP contribution in [0.4, 0.5) is 0 Å². The van der Waals surface area contributed by atoms with Crippen LogP contribution in [0.5, 0.6) is 5.75 Å². The maximum absolute atomic E-state index is 12.3. The minimum Gasteiger partial charge on any atom is -0.503 e. The number of carbonyl (C=O) groups excluding carboxylic acids is 1. The molecule has 0 saturated heterocycles. The van der Waals surface area contributed by atoms with Crippen molar-refractivity contribution in [3.8, 4) is 5.75 Å². The summed E-state index contributed by atoms with van der Waals surface area (Å²) in [6.07, 6.45) is 2.33. The molecule has 0 saturated carbocycles. The van der Waals surface area contributed by atoms with Crippen molar-refractivity contribution in [2.75, 3.05) is 21.3 Å². The van der Waals surface area contributed by atoms with E-state index in [1.165, 1.54) is 39.4 Å². The second kappa shape index (κ2) is 14.7. The molecule has 0 aliphatic heterocycles. The van der Waals surface area contributed by atoms with Crippen molar-refractivity contribution in [3.63, 3.8) is 0 Å². The van der Waals surface area contributed by atoms with Gasteiger partial charge in [0.25, 0.3) is 0 Å². The fourth-order valence-electron chi connectivity index (χ4n) is 4.01. The average Bonchev–Trinajstić information content (AvgIpc) is 2.98. The summed E-state index contributed by atoms with van der Waals surface area (Å²) in [4.78, 5) is 23.1. The molecule has 0 aromatic heterocycles. The van der Waals surface area contributed by atoms with Gasteiger partial charge in [0.1, 0.15) is 36.9 Å². The number of methoxy groups -OCH3 is 2. The van der Waals surface area contributed by atoms with E-state index in [9.17, 15) is 4.79 Å². The van der Waals surface area contributed by atoms with Crippen LogP contribution in [0.1, 0.15) is 61.6 Å². The summed E-state index contributed by atoms with van der Waals surface area (Å²) in [6.45, 7) is 8.88. The highest BCUT2D eigenvalue weighted by atomic mass is 16.6. The monoisotopic (exact) mass is 558 g/mol. The molecule has 0 aliphatic carbocycles. The van der Waals surface area contributed by atoms with E-state index < -0.39 is 12.1 Å². The zero-order valence-electron chi connectivity index (χ0n) is 24.7. The Morgan fingerprint density at radius 3 is 2.22 bits per heavy atom. The van der Waals surface area contributed by atoms with E-state index in [0.717, 1.165) is 22.4 Å². The Kier molecular flexibility index (Phi) is 11.1. The third kappa shape index (κ3) is 8.70. The van der Waals surface area contributed by atoms with E-state index in [1.54, 1.807) is 6.07 Å². The van der Waals surface area contributed by atoms with E-state index in [0.29, 0.717) is 17.9 Å². The molecule has 0 fully saturated rings. The summed E-state index contributed by atoms with van der Waals surface area (Å²) in [5.74, 6) is 0.213. The van der Waals surface area contributed by atoms with Crippen LogP contribution in [0.15, 0.2) is 89.4 Å². The summed E-state index contributed by atoms with van der Waals surface area (Å²) < 4.78 is 16.0. The standard InChI is InChI=1S/C33H38N2O6/c1-23(28-10-8-9-11-29(28)30(22-37-5)32(36)38-6)41-34-20-31(35-39-7)25-14-18-27(19-15-25)40-21-24-12-16-26(17-13-24)33(2,3)4/h8-20,22-23H,21H2,1-7H3. The van der Waals surface area contributed by atoms with Gasteiger partial charge in [-0.1, -0.05) is 79.6 Å². The van der Waals surface area contributed by atoms with Crippen LogP contribution < -0.4 is 4.74 Å². The summed E-state index contributed by atoms with van der Waals surface area (Å²) in [5.41, 5.74) is 5.36. The number of ether oxygens (including phenoxy) is 3. The van der Waals surface area contributed by atoms with Gasteiger partial charge in [-0.25, -0.2) is 4.79 Å². The zero-order chi connectivity index (χ0) is 29.8. The van der Waals surface area contributed by atoms with Crippen molar-refractivity contribution in [2.24, 2.45) is 10.3 Å². The molecule has 0 radical (unpaired) electrons. The predicted octanol–water partition coefficient (Wildman–Crippen LogP) is 6.84. The second-order valence-corrected chi connectivity index (χ2v) is 10.2. The Hall–Kier alpha value is -4.59. The Balaban J connectivity index is 1.67. The number of hydrogen-bond acceptors (Lipinski definition) is 8. The van der Waals surface area contributed by atoms with Crippen molar-refractivity contribution in [1.82, 2.24) is 0 Å². The van der Waals surface area contributed by atoms with Crippen LogP contribution in [0.2, 0.25) is 0 Å². The molecular weight excluding hydrogens is 520 g/mol. The van der Waals surface area contributed by atoms with Crippen LogP contribution in [0, 0.1) is 0 Å². The molecule has 8 nitrogen and oxygen atoms in total. The van der Waals surface area contributed by atoms with E-state index in [2.05, 4.69) is 55.3 Å². The topological polar surface area (TPSA) is 87.9 Å². The van der Waals surface area contributed by atoms with Gasteiger partial charge < -0.3 is 23.9 Å². The lowest BCUT2D eigenvalue weighted by Gasteiger charge is -2.19. The summed E-state index contributed by atoms with van der Waals surface area (Å²) >= 11 is 0. The van der Waals surface area contributed by atoms with Crippen LogP contribution >= 0.6 is 0 Å². The van der Waals surface area contributed by atoms with Gasteiger partial charge in [0.05, 0.1) is 26.7 Å². The SMILES string of the molecule is COC=C(C(=O)OC)c1ccccc1C(C)ON=CC(=NOC)c1ccc(OCc2ccc(C(C)(C)C)cc2)cc1. The Labute approximate surface area is 242 Å². The fraction of sp³-hybridized carbons (Fsp3) is 0.303. The van der Waals surface area contributed by atoms with Crippen LogP contribution in [-0.2, 0) is 36.0 Å². The molecule has 0 bridgehead atoms. The second-order valence-electron chi connectivity index (χ2n) is 10.2. The van der Waals surface area contributed by atoms with Crippen molar-refractivity contribution in [1.29, 1.82) is 0 Å². The van der Waals surface area contributed by atoms with Gasteiger partial charge >= 0.3 is 5.97 Å². The van der Waals surface area contributed by atoms with Gasteiger partial charge in [0.15, 0.2) is 0 Å². The molecule has 0 heterocycles. The number of hydrogen-bond donors (Lipinski definition) is 0. The molecule has 3 aromatic rings. The molecule has 216 valence electrons. The van der Waals surface area contributed by atoms with Crippen LogP contribution in [-0.4, -0.2) is 39.2 Å². The average molecular weight is 559 g/mol. The summed E-state index contributed by atoms with van der Waals surface area (Å²) in [5, 5.41) is 8.22. The van der Waals surface area contributed by atoms with Crippen LogP contribution in [0.3, 0.4) is 0 Å². The third-order valence-corrected chi connectivity index (χ3v) is 6.29. The maximum atomic E-state index is 12.3. The third-order valence-electron chi connectivity index (χ3n) is 6.29. The summed E-state index contributed by atoms with van der Waals surface area (Å²) in [7, 11) is 4.25. The molecular formula is C33H38N2O6. The number of benzene rings is 3. The first-order chi connectivity index (χ1) is 19.7. The highest BCUT2D eigenvalue weighted by molar-refractivity contribution is 6.37. The molecule has 0 N–H and O–H groups in total. The number of rotatable bonds is 12. The molecule has 0 amide bonds. The quantitative estimate of drug-likeness (QED) is 0.0795. The largest absolute Gasteiger partial charge is 0.503 e. The number of carbonyl (C=O) groups is 1. The first kappa shape index (κ1) is 30.9. The Morgan fingerprint density at radius 1 is 0.927 bits per heavy atom. The van der Waals surface area contributed by atoms with E-state index in [4.69, 9.17) is 23.9 Å². The lowest BCUT2D eigenvalue weighted by Crippen LogP contribution is -2.10. The fourth-order valence-corrected chi connectivity index (χ4v) is 4.01. The zero-order valence-corrected chi connectivity index (χ0v) is 24.7. The molecule has 41 heavy (non-hydrogen) atoms. The van der Waals surface area contributed by atoms with E-state index in [1.807, 2.05) is 49.4 Å². The number of esters is 1. The van der Waals surface area contributed by atoms with E-state index in [-0.39, 0.29) is 11.0 Å². The molecule has 8 heteroatoms. The lowest BCUT2D eigenvalue weighted by molar-refractivity contribution is -0.133. The van der Waals surface area contributed by atoms with Crippen molar-refractivity contribution in [3.05, 3.63) is 107 Å². The van der Waals surface area contributed by atoms with Gasteiger partial charge in [-0.05, 0) is 53.3 Å². The van der Waals surface area contributed by atoms with E-state index >= 15 is 0 Å². The highest BCUT2D eigenvalue weighted by Gasteiger charge is 2.20. The minimum atomic E-state index is -0.518. The molecule has 3 aromatic carbocycles. The Bertz CT molecular complexity index is 1370. The predicted molar refractivity (Wildman–Crippen MR) is 161 cm³/mol. The van der Waals surface area contributed by atoms with Gasteiger partial charge in [0.2, 0.25) is 0 Å². The van der Waals surface area contributed by atoms with Gasteiger partial charge in [-0.2, -0.15) is 0 Å². The van der Waals surface area contributed by atoms with Gasteiger partial charge in [-0.15, -0.1) is 0 Å². The van der Waals surface area contributed by atoms with Gasteiger partial charge in [0, 0.05) is 11.1 Å². The normalized spacial score (nSPS) is 13.0. The minimum absolute atomic E-state index is 0.114. The number of oxime groups is 2. The maximum Gasteiger partial charge on any atom is 0.341 e. The van der Waals surface area contributed by atoms with Crippen molar-refractivity contribution in [2.45, 2.75) is 45.8 Å². The summed E-state index contributed by atoms with van der Waals surface area (Å²) in [6, 6.07) is 23.3. The van der Waals surface area contributed by atoms with Crippen LogP contribution in [0.25, 0.3) is 5.57 Å². The first-order valence-electron chi connectivity index (χ1n) is 13.2. The highest BCUT2D eigenvalue weighted by Crippen LogP contribution is 2.28. The molecule has 3 rings (SSSR count). The lowest BCUT2D eigenvalue weighted by atomic mass is 9.87. The number of nitrogens with zero attached hydrogens (tertiary/aromatic N) is 2. The van der Waals surface area contributed by atoms with Gasteiger partial charge in [-0.3, -0.25) is 0 Å².